The lowest BCUT2D eigenvalue weighted by Gasteiger charge is -2.34. The molecule has 0 saturated heterocycles. The van der Waals surface area contributed by atoms with E-state index in [1.807, 2.05) is 12.2 Å². The monoisotopic (exact) mass is 250 g/mol. The first kappa shape index (κ1) is 11.2. The van der Waals surface area contributed by atoms with E-state index in [0.717, 1.165) is 6.42 Å². The number of phosphoric acid groups is 1. The minimum atomic E-state index is -3.46. The van der Waals surface area contributed by atoms with Crippen LogP contribution in [0.4, 0.5) is 0 Å². The van der Waals surface area contributed by atoms with Gasteiger partial charge in [0, 0.05) is 26.1 Å². The predicted molar refractivity (Wildman–Crippen MR) is 56.3 cm³/mol. The van der Waals surface area contributed by atoms with Crippen molar-refractivity contribution < 1.29 is 18.1 Å². The molecule has 4 nitrogen and oxygen atoms in total. The molecule has 0 aliphatic heterocycles. The molecule has 0 fully saturated rings. The van der Waals surface area contributed by atoms with Gasteiger partial charge in [0.25, 0.3) is 0 Å². The molecule has 0 N–H and O–H groups in total. The smallest absolute Gasteiger partial charge is 0.407 e. The van der Waals surface area contributed by atoms with E-state index < -0.39 is 7.82 Å². The van der Waals surface area contributed by atoms with E-state index in [1.165, 1.54) is 14.2 Å². The maximum atomic E-state index is 11.7. The third-order valence-corrected chi connectivity index (χ3v) is 4.44. The van der Waals surface area contributed by atoms with Gasteiger partial charge in [-0.2, -0.15) is 0 Å². The minimum Gasteiger partial charge on any atom is -0.407 e. The van der Waals surface area contributed by atoms with Gasteiger partial charge < -0.3 is 4.52 Å². The number of hydrogen-bond acceptors (Lipinski definition) is 4. The lowest BCUT2D eigenvalue weighted by molar-refractivity contribution is 0.155. The molecule has 0 saturated carbocycles. The van der Waals surface area contributed by atoms with E-state index in [2.05, 4.69) is 9.05 Å². The molecule has 0 heterocycles. The number of rotatable bonds is 4. The second kappa shape index (κ2) is 3.95. The Kier molecular flexibility index (Phi) is 2.95. The summed E-state index contributed by atoms with van der Waals surface area (Å²) in [5.74, 6) is 0.971. The Morgan fingerprint density at radius 1 is 1.47 bits per heavy atom. The van der Waals surface area contributed by atoms with Gasteiger partial charge >= 0.3 is 7.82 Å². The molecular formula is C9H12ClO4P. The third kappa shape index (κ3) is 1.76. The van der Waals surface area contributed by atoms with Gasteiger partial charge in [-0.15, -0.1) is 0 Å². The summed E-state index contributed by atoms with van der Waals surface area (Å²) in [6.07, 6.45) is 4.94. The summed E-state index contributed by atoms with van der Waals surface area (Å²) in [7, 11) is -0.900. The Balaban J connectivity index is 2.12. The fourth-order valence-electron chi connectivity index (χ4n) is 1.81. The Morgan fingerprint density at radius 3 is 2.73 bits per heavy atom. The summed E-state index contributed by atoms with van der Waals surface area (Å²) in [4.78, 5) is 0. The highest BCUT2D eigenvalue weighted by Gasteiger charge is 2.45. The first-order valence-electron chi connectivity index (χ1n) is 4.58. The molecule has 0 radical (unpaired) electrons. The third-order valence-electron chi connectivity index (χ3n) is 2.69. The molecule has 0 aromatic carbocycles. The van der Waals surface area contributed by atoms with Gasteiger partial charge in [-0.3, -0.25) is 9.05 Å². The highest BCUT2D eigenvalue weighted by Crippen LogP contribution is 2.58. The van der Waals surface area contributed by atoms with Crippen molar-refractivity contribution in [2.24, 2.45) is 11.8 Å². The lowest BCUT2D eigenvalue weighted by atomic mass is 9.82. The van der Waals surface area contributed by atoms with Crippen LogP contribution in [0.25, 0.3) is 0 Å². The molecule has 2 rings (SSSR count). The quantitative estimate of drug-likeness (QED) is 0.568. The Morgan fingerprint density at radius 2 is 2.13 bits per heavy atom. The average Bonchev–Trinajstić information content (AvgIpc) is 2.70. The molecule has 84 valence electrons. The number of halogens is 1. The highest BCUT2D eigenvalue weighted by atomic mass is 35.5. The Hall–Kier alpha value is -0.280. The zero-order chi connectivity index (χ0) is 11.1. The van der Waals surface area contributed by atoms with Gasteiger partial charge in [0.1, 0.15) is 5.76 Å². The maximum Gasteiger partial charge on any atom is 0.529 e. The highest BCUT2D eigenvalue weighted by molar-refractivity contribution is 7.48. The van der Waals surface area contributed by atoms with Crippen LogP contribution in [0.15, 0.2) is 22.9 Å². The molecule has 0 aromatic rings. The Bertz CT molecular complexity index is 368. The van der Waals surface area contributed by atoms with Crippen LogP contribution < -0.4 is 0 Å². The van der Waals surface area contributed by atoms with E-state index in [0.29, 0.717) is 10.8 Å². The first-order chi connectivity index (χ1) is 7.11. The molecular weight excluding hydrogens is 239 g/mol. The molecule has 0 bridgehead atoms. The summed E-state index contributed by atoms with van der Waals surface area (Å²) in [5.41, 5.74) is 0. The number of fused-ring (bicyclic) bond motifs is 1. The van der Waals surface area contributed by atoms with Crippen LogP contribution in [-0.2, 0) is 18.1 Å². The van der Waals surface area contributed by atoms with Gasteiger partial charge in [-0.05, 0) is 6.42 Å². The van der Waals surface area contributed by atoms with Crippen LogP contribution in [0.1, 0.15) is 6.42 Å². The number of phosphoric ester groups is 1. The predicted octanol–water partition coefficient (Wildman–Crippen LogP) is 3.06. The van der Waals surface area contributed by atoms with Crippen molar-refractivity contribution in [3.8, 4) is 0 Å². The molecule has 2 aliphatic rings. The summed E-state index contributed by atoms with van der Waals surface area (Å²) in [6.45, 7) is 0. The van der Waals surface area contributed by atoms with Gasteiger partial charge in [-0.25, -0.2) is 4.57 Å². The molecule has 0 aromatic heterocycles. The number of hydrogen-bond donors (Lipinski definition) is 0. The lowest BCUT2D eigenvalue weighted by Crippen LogP contribution is -2.25. The van der Waals surface area contributed by atoms with Crippen molar-refractivity contribution in [2.45, 2.75) is 6.42 Å². The Labute approximate surface area is 93.5 Å². The van der Waals surface area contributed by atoms with E-state index >= 15 is 0 Å². The van der Waals surface area contributed by atoms with Gasteiger partial charge in [-0.1, -0.05) is 23.8 Å². The molecule has 15 heavy (non-hydrogen) atoms. The van der Waals surface area contributed by atoms with Crippen molar-refractivity contribution in [1.82, 2.24) is 0 Å². The summed E-state index contributed by atoms with van der Waals surface area (Å²) in [5, 5.41) is 0.600. The van der Waals surface area contributed by atoms with Gasteiger partial charge in [0.2, 0.25) is 0 Å². The molecule has 2 aliphatic carbocycles. The second-order valence-corrected chi connectivity index (χ2v) is 5.63. The van der Waals surface area contributed by atoms with E-state index in [4.69, 9.17) is 16.1 Å². The molecule has 0 spiro atoms. The van der Waals surface area contributed by atoms with Crippen molar-refractivity contribution in [2.75, 3.05) is 14.2 Å². The van der Waals surface area contributed by atoms with E-state index in [9.17, 15) is 4.57 Å². The van der Waals surface area contributed by atoms with Crippen molar-refractivity contribution in [3.63, 3.8) is 0 Å². The molecule has 0 unspecified atom stereocenters. The van der Waals surface area contributed by atoms with Crippen molar-refractivity contribution in [1.29, 1.82) is 0 Å². The maximum absolute atomic E-state index is 11.7. The zero-order valence-corrected chi connectivity index (χ0v) is 10.1. The van der Waals surface area contributed by atoms with Gasteiger partial charge in [0.15, 0.2) is 0 Å². The summed E-state index contributed by atoms with van der Waals surface area (Å²) >= 11 is 6.01. The zero-order valence-electron chi connectivity index (χ0n) is 8.47. The van der Waals surface area contributed by atoms with Crippen LogP contribution in [0, 0.1) is 11.8 Å². The topological polar surface area (TPSA) is 44.8 Å². The van der Waals surface area contributed by atoms with Crippen molar-refractivity contribution >= 4 is 19.4 Å². The van der Waals surface area contributed by atoms with Crippen molar-refractivity contribution in [3.05, 3.63) is 22.9 Å². The largest absolute Gasteiger partial charge is 0.529 e. The SMILES string of the molecule is COP(=O)(OC)OC1=C(Cl)[C@@H]2C=CC[C@@H]12. The molecule has 2 atom stereocenters. The van der Waals surface area contributed by atoms with E-state index in [1.54, 1.807) is 0 Å². The van der Waals surface area contributed by atoms with Crippen LogP contribution in [0.3, 0.4) is 0 Å². The van der Waals surface area contributed by atoms with Crippen LogP contribution in [0.5, 0.6) is 0 Å². The van der Waals surface area contributed by atoms with E-state index in [-0.39, 0.29) is 11.8 Å². The minimum absolute atomic E-state index is 0.205. The van der Waals surface area contributed by atoms with Crippen LogP contribution >= 0.6 is 19.4 Å². The standard InChI is InChI=1S/C9H12ClO4P/c1-12-15(11,13-2)14-9-7-5-3-4-6(7)8(9)10/h3-4,6-7H,5H2,1-2H3/t6-,7-/m1/s1. The van der Waals surface area contributed by atoms with Crippen LogP contribution in [0.2, 0.25) is 0 Å². The molecule has 0 amide bonds. The first-order valence-corrected chi connectivity index (χ1v) is 6.42. The summed E-state index contributed by atoms with van der Waals surface area (Å²) in [6, 6.07) is 0. The number of allylic oxidation sites excluding steroid dienone is 4. The second-order valence-electron chi connectivity index (χ2n) is 3.41. The fraction of sp³-hybridized carbons (Fsp3) is 0.556. The normalized spacial score (nSPS) is 29.0. The molecule has 6 heteroatoms. The fourth-order valence-corrected chi connectivity index (χ4v) is 3.04. The van der Waals surface area contributed by atoms with Gasteiger partial charge in [0.05, 0.1) is 5.03 Å². The summed E-state index contributed by atoms with van der Waals surface area (Å²) < 4.78 is 26.3. The van der Waals surface area contributed by atoms with Crippen LogP contribution in [-0.4, -0.2) is 14.2 Å². The average molecular weight is 251 g/mol.